The van der Waals surface area contributed by atoms with Crippen molar-refractivity contribution in [3.05, 3.63) is 52.9 Å². The van der Waals surface area contributed by atoms with Crippen LogP contribution in [0.3, 0.4) is 0 Å². The normalized spacial score (nSPS) is 15.5. The van der Waals surface area contributed by atoms with Crippen molar-refractivity contribution < 1.29 is 9.59 Å². The highest BCUT2D eigenvalue weighted by molar-refractivity contribution is 6.29. The number of nitrogens with one attached hydrogen (secondary N) is 2. The number of hydrazine groups is 1. The molecule has 2 aromatic rings. The molecule has 0 bridgehead atoms. The van der Waals surface area contributed by atoms with E-state index in [4.69, 9.17) is 11.6 Å². The van der Waals surface area contributed by atoms with E-state index < -0.39 is 0 Å². The van der Waals surface area contributed by atoms with E-state index in [9.17, 15) is 9.59 Å². The maximum atomic E-state index is 12.4. The molecule has 3 heterocycles. The first kappa shape index (κ1) is 18.2. The molecule has 1 aliphatic rings. The van der Waals surface area contributed by atoms with Crippen molar-refractivity contribution in [2.75, 3.05) is 38.5 Å². The average Bonchev–Trinajstić information content (AvgIpc) is 2.64. The van der Waals surface area contributed by atoms with Gasteiger partial charge in [-0.25, -0.2) is 15.0 Å². The van der Waals surface area contributed by atoms with E-state index in [1.807, 2.05) is 12.1 Å². The lowest BCUT2D eigenvalue weighted by molar-refractivity contribution is 0.0662. The molecule has 0 spiro atoms. The minimum Gasteiger partial charge on any atom is -0.307 e. The molecule has 0 unspecified atom stereocenters. The van der Waals surface area contributed by atoms with Gasteiger partial charge in [0.2, 0.25) is 0 Å². The molecule has 1 aliphatic heterocycles. The fourth-order valence-corrected chi connectivity index (χ4v) is 2.67. The summed E-state index contributed by atoms with van der Waals surface area (Å²) in [6.07, 6.45) is 2.93. The maximum Gasteiger partial charge on any atom is 0.265 e. The summed E-state index contributed by atoms with van der Waals surface area (Å²) >= 11 is 5.79. The van der Waals surface area contributed by atoms with Gasteiger partial charge in [0.1, 0.15) is 11.0 Å². The molecular formula is C17H19ClN6O2. The molecule has 2 aromatic heterocycles. The number of halogens is 1. The predicted octanol–water partition coefficient (Wildman–Crippen LogP) is 1.27. The summed E-state index contributed by atoms with van der Waals surface area (Å²) < 4.78 is 0. The second-order valence-electron chi connectivity index (χ2n) is 5.98. The first-order valence-electron chi connectivity index (χ1n) is 8.15. The average molecular weight is 375 g/mol. The number of amides is 2. The number of pyridine rings is 2. The van der Waals surface area contributed by atoms with Crippen LogP contribution in [0.4, 0.5) is 5.82 Å². The molecule has 0 saturated carbocycles. The quantitative estimate of drug-likeness (QED) is 0.783. The van der Waals surface area contributed by atoms with E-state index in [2.05, 4.69) is 25.6 Å². The van der Waals surface area contributed by atoms with E-state index in [0.717, 1.165) is 26.2 Å². The predicted molar refractivity (Wildman–Crippen MR) is 98.0 cm³/mol. The Bertz CT molecular complexity index is 807. The smallest absolute Gasteiger partial charge is 0.265 e. The van der Waals surface area contributed by atoms with Crippen LogP contribution in [0.25, 0.3) is 0 Å². The number of piperazine rings is 1. The number of hydrogen-bond donors (Lipinski definition) is 2. The SMILES string of the molecule is CN1CCN(NC(=O)c2ccnc(NC(=O)c3ccnc(Cl)c3)c2)CC1. The van der Waals surface area contributed by atoms with Crippen LogP contribution in [0, 0.1) is 0 Å². The van der Waals surface area contributed by atoms with Crippen LogP contribution >= 0.6 is 11.6 Å². The Kier molecular flexibility index (Phi) is 5.77. The van der Waals surface area contributed by atoms with Crippen LogP contribution in [0.15, 0.2) is 36.7 Å². The Labute approximate surface area is 156 Å². The highest BCUT2D eigenvalue weighted by Gasteiger charge is 2.17. The zero-order valence-electron chi connectivity index (χ0n) is 14.3. The van der Waals surface area contributed by atoms with Crippen molar-refractivity contribution in [3.63, 3.8) is 0 Å². The third kappa shape index (κ3) is 4.75. The molecule has 0 aromatic carbocycles. The van der Waals surface area contributed by atoms with Crippen LogP contribution < -0.4 is 10.7 Å². The lowest BCUT2D eigenvalue weighted by atomic mass is 10.2. The zero-order chi connectivity index (χ0) is 18.5. The van der Waals surface area contributed by atoms with E-state index in [1.54, 1.807) is 12.1 Å². The largest absolute Gasteiger partial charge is 0.307 e. The Hall–Kier alpha value is -2.55. The Morgan fingerprint density at radius 3 is 2.35 bits per heavy atom. The van der Waals surface area contributed by atoms with Gasteiger partial charge in [0, 0.05) is 49.7 Å². The Balaban J connectivity index is 1.64. The summed E-state index contributed by atoms with van der Waals surface area (Å²) in [4.78, 5) is 34.8. The molecule has 2 N–H and O–H groups in total. The van der Waals surface area contributed by atoms with Crippen LogP contribution in [-0.4, -0.2) is 64.9 Å². The molecule has 1 saturated heterocycles. The molecule has 26 heavy (non-hydrogen) atoms. The molecule has 2 amide bonds. The topological polar surface area (TPSA) is 90.5 Å². The standard InChI is InChI=1S/C17H19ClN6O2/c1-23-6-8-24(9-7-23)22-17(26)13-3-5-20-15(11-13)21-16(25)12-2-4-19-14(18)10-12/h2-5,10-11H,6-9H2,1H3,(H,22,26)(H,20,21,25). The number of hydrogen-bond acceptors (Lipinski definition) is 6. The summed E-state index contributed by atoms with van der Waals surface area (Å²) in [5.74, 6) is -0.327. The molecular weight excluding hydrogens is 356 g/mol. The fraction of sp³-hybridized carbons (Fsp3) is 0.294. The van der Waals surface area contributed by atoms with Gasteiger partial charge in [-0.1, -0.05) is 11.6 Å². The first-order valence-corrected chi connectivity index (χ1v) is 8.52. The van der Waals surface area contributed by atoms with Crippen LogP contribution in [-0.2, 0) is 0 Å². The minimum absolute atomic E-state index is 0.228. The molecule has 9 heteroatoms. The molecule has 8 nitrogen and oxygen atoms in total. The van der Waals surface area contributed by atoms with Gasteiger partial charge in [-0.2, -0.15) is 0 Å². The van der Waals surface area contributed by atoms with Crippen molar-refractivity contribution in [2.45, 2.75) is 0 Å². The highest BCUT2D eigenvalue weighted by atomic mass is 35.5. The van der Waals surface area contributed by atoms with Crippen molar-refractivity contribution >= 4 is 29.2 Å². The van der Waals surface area contributed by atoms with Gasteiger partial charge in [0.15, 0.2) is 0 Å². The van der Waals surface area contributed by atoms with Crippen molar-refractivity contribution in [1.82, 2.24) is 25.3 Å². The molecule has 1 fully saturated rings. The zero-order valence-corrected chi connectivity index (χ0v) is 15.0. The summed E-state index contributed by atoms with van der Waals surface area (Å²) in [6, 6.07) is 6.14. The van der Waals surface area contributed by atoms with Gasteiger partial charge in [-0.05, 0) is 31.3 Å². The second-order valence-corrected chi connectivity index (χ2v) is 6.37. The summed E-state index contributed by atoms with van der Waals surface area (Å²) in [6.45, 7) is 3.32. The third-order valence-corrected chi connectivity index (χ3v) is 4.22. The van der Waals surface area contributed by atoms with Crippen molar-refractivity contribution in [3.8, 4) is 0 Å². The highest BCUT2D eigenvalue weighted by Crippen LogP contribution is 2.12. The lowest BCUT2D eigenvalue weighted by Crippen LogP contribution is -2.52. The number of anilines is 1. The van der Waals surface area contributed by atoms with E-state index in [0.29, 0.717) is 11.1 Å². The number of rotatable bonds is 4. The third-order valence-electron chi connectivity index (χ3n) is 4.02. The van der Waals surface area contributed by atoms with Gasteiger partial charge < -0.3 is 10.2 Å². The summed E-state index contributed by atoms with van der Waals surface area (Å²) in [7, 11) is 2.05. The maximum absolute atomic E-state index is 12.4. The first-order chi connectivity index (χ1) is 12.5. The molecule has 3 rings (SSSR count). The van der Waals surface area contributed by atoms with E-state index in [-0.39, 0.29) is 22.8 Å². The van der Waals surface area contributed by atoms with Crippen LogP contribution in [0.2, 0.25) is 5.15 Å². The lowest BCUT2D eigenvalue weighted by Gasteiger charge is -2.32. The van der Waals surface area contributed by atoms with Crippen LogP contribution in [0.5, 0.6) is 0 Å². The van der Waals surface area contributed by atoms with Crippen LogP contribution in [0.1, 0.15) is 20.7 Å². The number of nitrogens with zero attached hydrogens (tertiary/aromatic N) is 4. The number of carbonyl (C=O) groups excluding carboxylic acids is 2. The van der Waals surface area contributed by atoms with Gasteiger partial charge in [-0.15, -0.1) is 0 Å². The van der Waals surface area contributed by atoms with Gasteiger partial charge >= 0.3 is 0 Å². The Morgan fingerprint density at radius 2 is 1.65 bits per heavy atom. The molecule has 0 aliphatic carbocycles. The van der Waals surface area contributed by atoms with Crippen molar-refractivity contribution in [1.29, 1.82) is 0 Å². The summed E-state index contributed by atoms with van der Waals surface area (Å²) in [5, 5.41) is 4.77. The van der Waals surface area contributed by atoms with E-state index >= 15 is 0 Å². The number of carbonyl (C=O) groups is 2. The van der Waals surface area contributed by atoms with Gasteiger partial charge in [0.05, 0.1) is 0 Å². The fourth-order valence-electron chi connectivity index (χ4n) is 2.50. The number of likely N-dealkylation sites (N-methyl/N-ethyl adjacent to an activating group) is 1. The molecule has 0 atom stereocenters. The minimum atomic E-state index is -0.376. The van der Waals surface area contributed by atoms with E-state index in [1.165, 1.54) is 24.5 Å². The van der Waals surface area contributed by atoms with Crippen molar-refractivity contribution in [2.24, 2.45) is 0 Å². The summed E-state index contributed by atoms with van der Waals surface area (Å²) in [5.41, 5.74) is 3.66. The number of aromatic nitrogens is 2. The molecule has 0 radical (unpaired) electrons. The second kappa shape index (κ2) is 8.22. The monoisotopic (exact) mass is 374 g/mol. The van der Waals surface area contributed by atoms with Gasteiger partial charge in [-0.3, -0.25) is 15.0 Å². The molecule has 136 valence electrons. The van der Waals surface area contributed by atoms with Gasteiger partial charge in [0.25, 0.3) is 11.8 Å². The Morgan fingerprint density at radius 1 is 1.00 bits per heavy atom.